The van der Waals surface area contributed by atoms with Crippen LogP contribution in [0.4, 0.5) is 9.18 Å². The summed E-state index contributed by atoms with van der Waals surface area (Å²) >= 11 is 0. The van der Waals surface area contributed by atoms with Gasteiger partial charge in [-0.05, 0) is 78.5 Å². The third kappa shape index (κ3) is 4.02. The van der Waals surface area contributed by atoms with Crippen LogP contribution in [0.3, 0.4) is 0 Å². The quantitative estimate of drug-likeness (QED) is 0.528. The molecule has 1 saturated carbocycles. The average molecular weight is 459 g/mol. The van der Waals surface area contributed by atoms with Gasteiger partial charge in [-0.15, -0.1) is 0 Å². The maximum absolute atomic E-state index is 13.4. The van der Waals surface area contributed by atoms with E-state index < -0.39 is 0 Å². The number of allylic oxidation sites excluding steroid dienone is 1. The fourth-order valence-corrected chi connectivity index (χ4v) is 5.63. The van der Waals surface area contributed by atoms with Crippen LogP contribution >= 0.6 is 0 Å². The molecule has 1 N–H and O–H groups in total. The predicted molar refractivity (Wildman–Crippen MR) is 132 cm³/mol. The molecule has 5 nitrogen and oxygen atoms in total. The highest BCUT2D eigenvalue weighted by atomic mass is 19.1. The van der Waals surface area contributed by atoms with Gasteiger partial charge in [0.15, 0.2) is 0 Å². The fourth-order valence-electron chi connectivity index (χ4n) is 5.63. The van der Waals surface area contributed by atoms with Gasteiger partial charge in [0.25, 0.3) is 0 Å². The molecule has 3 unspecified atom stereocenters. The standard InChI is InChI=1S/C28H31FN4O/c1-28-17-20-18-30-33(24-13-11-23(29)12-14-24)26(20)16-22(28)10-9-21(28)15-25(31-27(34)32(2)3)19-7-5-4-6-8-19/h4-8,11-14,16,18,21,25H,9-10,15,17H2,1-3H3,(H,31,34). The zero-order chi connectivity index (χ0) is 23.9. The van der Waals surface area contributed by atoms with Crippen molar-refractivity contribution in [3.63, 3.8) is 0 Å². The smallest absolute Gasteiger partial charge is 0.317 e. The molecule has 2 aliphatic carbocycles. The molecule has 0 saturated heterocycles. The SMILES string of the molecule is CN(C)C(=O)NC(CC1CCC2=Cc3c(cnn3-c3ccc(F)cc3)CC21C)c1ccccc1. The Labute approximate surface area is 200 Å². The Hall–Kier alpha value is -3.41. The Balaban J connectivity index is 1.42. The van der Waals surface area contributed by atoms with Gasteiger partial charge in [-0.25, -0.2) is 13.9 Å². The Morgan fingerprint density at radius 1 is 1.21 bits per heavy atom. The molecule has 34 heavy (non-hydrogen) atoms. The van der Waals surface area contributed by atoms with Gasteiger partial charge in [-0.1, -0.05) is 42.8 Å². The molecule has 3 aromatic rings. The van der Waals surface area contributed by atoms with E-state index in [2.05, 4.69) is 35.5 Å². The highest BCUT2D eigenvalue weighted by Crippen LogP contribution is 2.55. The van der Waals surface area contributed by atoms with Crippen LogP contribution in [0.15, 0.2) is 66.4 Å². The summed E-state index contributed by atoms with van der Waals surface area (Å²) in [4.78, 5) is 14.1. The van der Waals surface area contributed by atoms with E-state index in [1.54, 1.807) is 31.1 Å². The zero-order valence-corrected chi connectivity index (χ0v) is 20.0. The number of nitrogens with zero attached hydrogens (tertiary/aromatic N) is 3. The topological polar surface area (TPSA) is 50.2 Å². The summed E-state index contributed by atoms with van der Waals surface area (Å²) < 4.78 is 15.3. The Kier molecular flexibility index (Phi) is 5.76. The highest BCUT2D eigenvalue weighted by molar-refractivity contribution is 5.74. The number of urea groups is 1. The van der Waals surface area contributed by atoms with Crippen molar-refractivity contribution in [2.45, 2.75) is 38.6 Å². The lowest BCUT2D eigenvalue weighted by Crippen LogP contribution is -2.39. The van der Waals surface area contributed by atoms with Crippen LogP contribution in [0.2, 0.25) is 0 Å². The third-order valence-corrected chi connectivity index (χ3v) is 7.65. The molecular formula is C28H31FN4O. The van der Waals surface area contributed by atoms with Gasteiger partial charge >= 0.3 is 6.03 Å². The summed E-state index contributed by atoms with van der Waals surface area (Å²) in [6, 6.07) is 16.6. The number of halogens is 1. The molecule has 1 fully saturated rings. The summed E-state index contributed by atoms with van der Waals surface area (Å²) in [5, 5.41) is 7.88. The molecule has 0 radical (unpaired) electrons. The van der Waals surface area contributed by atoms with E-state index in [4.69, 9.17) is 0 Å². The molecule has 2 aromatic carbocycles. The molecule has 0 bridgehead atoms. The molecule has 0 aliphatic heterocycles. The van der Waals surface area contributed by atoms with Crippen LogP contribution in [-0.4, -0.2) is 34.8 Å². The van der Waals surface area contributed by atoms with Crippen molar-refractivity contribution in [1.82, 2.24) is 20.0 Å². The van der Waals surface area contributed by atoms with Crippen molar-refractivity contribution in [3.8, 4) is 5.69 Å². The van der Waals surface area contributed by atoms with Gasteiger partial charge in [0.1, 0.15) is 5.82 Å². The summed E-state index contributed by atoms with van der Waals surface area (Å²) in [5.41, 5.74) is 5.79. The first-order valence-corrected chi connectivity index (χ1v) is 11.9. The molecule has 3 atom stereocenters. The average Bonchev–Trinajstić information content (AvgIpc) is 3.37. The molecule has 2 aliphatic rings. The minimum Gasteiger partial charge on any atom is -0.331 e. The Morgan fingerprint density at radius 2 is 1.94 bits per heavy atom. The molecule has 2 amide bonds. The minimum atomic E-state index is -0.247. The Bertz CT molecular complexity index is 1210. The molecular weight excluding hydrogens is 427 g/mol. The minimum absolute atomic E-state index is 0.0273. The summed E-state index contributed by atoms with van der Waals surface area (Å²) in [6.07, 6.45) is 8.19. The van der Waals surface area contributed by atoms with Crippen molar-refractivity contribution < 1.29 is 9.18 Å². The third-order valence-electron chi connectivity index (χ3n) is 7.65. The second-order valence-corrected chi connectivity index (χ2v) is 9.99. The summed E-state index contributed by atoms with van der Waals surface area (Å²) in [7, 11) is 3.55. The summed E-state index contributed by atoms with van der Waals surface area (Å²) in [5.74, 6) is 0.192. The van der Waals surface area contributed by atoms with Gasteiger partial charge < -0.3 is 10.2 Å². The van der Waals surface area contributed by atoms with Gasteiger partial charge in [0.05, 0.1) is 23.6 Å². The van der Waals surface area contributed by atoms with Crippen LogP contribution < -0.4 is 5.32 Å². The van der Waals surface area contributed by atoms with Crippen LogP contribution in [0.5, 0.6) is 0 Å². The Morgan fingerprint density at radius 3 is 2.65 bits per heavy atom. The number of hydrogen-bond donors (Lipinski definition) is 1. The van der Waals surface area contributed by atoms with Crippen LogP contribution in [0, 0.1) is 17.2 Å². The maximum atomic E-state index is 13.4. The monoisotopic (exact) mass is 458 g/mol. The van der Waals surface area contributed by atoms with Crippen LogP contribution in [0.1, 0.15) is 49.0 Å². The lowest BCUT2D eigenvalue weighted by molar-refractivity contribution is 0.199. The predicted octanol–water partition coefficient (Wildman–Crippen LogP) is 5.77. The van der Waals surface area contributed by atoms with Crippen LogP contribution in [0.25, 0.3) is 11.8 Å². The number of rotatable bonds is 5. The van der Waals surface area contributed by atoms with Crippen LogP contribution in [-0.2, 0) is 6.42 Å². The van der Waals surface area contributed by atoms with Gasteiger partial charge in [0.2, 0.25) is 0 Å². The largest absolute Gasteiger partial charge is 0.331 e. The van der Waals surface area contributed by atoms with Crippen molar-refractivity contribution in [3.05, 3.63) is 89.0 Å². The molecule has 176 valence electrons. The number of carbonyl (C=O) groups is 1. The van der Waals surface area contributed by atoms with Gasteiger partial charge in [-0.3, -0.25) is 0 Å². The van der Waals surface area contributed by atoms with E-state index in [-0.39, 0.29) is 23.3 Å². The first-order valence-electron chi connectivity index (χ1n) is 11.9. The van der Waals surface area contributed by atoms with Crippen molar-refractivity contribution in [2.75, 3.05) is 14.1 Å². The first-order chi connectivity index (χ1) is 16.3. The lowest BCUT2D eigenvalue weighted by atomic mass is 9.68. The molecule has 5 rings (SSSR count). The van der Waals surface area contributed by atoms with Crippen molar-refractivity contribution in [1.29, 1.82) is 0 Å². The number of aromatic nitrogens is 2. The van der Waals surface area contributed by atoms with E-state index in [9.17, 15) is 9.18 Å². The van der Waals surface area contributed by atoms with Gasteiger partial charge in [0, 0.05) is 14.1 Å². The van der Waals surface area contributed by atoms with E-state index >= 15 is 0 Å². The van der Waals surface area contributed by atoms with E-state index in [0.717, 1.165) is 42.6 Å². The summed E-state index contributed by atoms with van der Waals surface area (Å²) in [6.45, 7) is 2.37. The number of amides is 2. The van der Waals surface area contributed by atoms with Crippen molar-refractivity contribution >= 4 is 12.1 Å². The number of hydrogen-bond acceptors (Lipinski definition) is 2. The molecule has 0 spiro atoms. The van der Waals surface area contributed by atoms with Gasteiger partial charge in [-0.2, -0.15) is 5.10 Å². The van der Waals surface area contributed by atoms with E-state index in [1.807, 2.05) is 29.1 Å². The van der Waals surface area contributed by atoms with Crippen molar-refractivity contribution in [2.24, 2.45) is 11.3 Å². The normalized spacial score (nSPS) is 21.9. The molecule has 6 heteroatoms. The highest BCUT2D eigenvalue weighted by Gasteiger charge is 2.46. The fraction of sp³-hybridized carbons (Fsp3) is 0.357. The maximum Gasteiger partial charge on any atom is 0.317 e. The number of benzene rings is 2. The zero-order valence-electron chi connectivity index (χ0n) is 20.0. The van der Waals surface area contributed by atoms with E-state index in [0.29, 0.717) is 5.92 Å². The number of carbonyl (C=O) groups excluding carboxylic acids is 1. The second-order valence-electron chi connectivity index (χ2n) is 9.99. The lowest BCUT2D eigenvalue weighted by Gasteiger charge is -2.38. The number of fused-ring (bicyclic) bond motifs is 2. The molecule has 1 heterocycles. The molecule has 1 aromatic heterocycles. The number of nitrogens with one attached hydrogen (secondary N) is 1. The van der Waals surface area contributed by atoms with E-state index in [1.165, 1.54) is 23.3 Å². The second kappa shape index (κ2) is 8.75. The first kappa shape index (κ1) is 22.4.